The molecule has 0 aliphatic carbocycles. The van der Waals surface area contributed by atoms with Crippen molar-refractivity contribution in [1.82, 2.24) is 19.8 Å². The minimum Gasteiger partial charge on any atom is -0.352 e. The molecule has 0 unspecified atom stereocenters. The van der Waals surface area contributed by atoms with Gasteiger partial charge in [-0.1, -0.05) is 19.8 Å². The fourth-order valence-electron chi connectivity index (χ4n) is 3.11. The van der Waals surface area contributed by atoms with Crippen molar-refractivity contribution in [3.8, 4) is 0 Å². The molecule has 1 aromatic rings. The number of carbonyl (C=O) groups is 1. The van der Waals surface area contributed by atoms with Crippen molar-refractivity contribution in [3.63, 3.8) is 0 Å². The number of likely N-dealkylation sites (tertiary alicyclic amines) is 1. The molecule has 0 saturated carbocycles. The zero-order valence-electron chi connectivity index (χ0n) is 14.2. The van der Waals surface area contributed by atoms with E-state index in [2.05, 4.69) is 22.1 Å². The molecule has 124 valence electrons. The predicted molar refractivity (Wildman–Crippen MR) is 88.6 cm³/mol. The summed E-state index contributed by atoms with van der Waals surface area (Å²) in [7, 11) is 0. The Morgan fingerprint density at radius 3 is 2.50 bits per heavy atom. The fourth-order valence-corrected chi connectivity index (χ4v) is 3.11. The molecular weight excluding hydrogens is 276 g/mol. The Bertz CT molecular complexity index is 463. The summed E-state index contributed by atoms with van der Waals surface area (Å²) in [5, 5.41) is 3.16. The molecule has 5 heteroatoms. The fraction of sp³-hybridized carbons (Fsp3) is 0.765. The normalized spacial score (nSPS) is 19.4. The number of aryl methyl sites for hydroxylation is 1. The summed E-state index contributed by atoms with van der Waals surface area (Å²) in [6.45, 7) is 10.0. The first-order valence-corrected chi connectivity index (χ1v) is 8.56. The van der Waals surface area contributed by atoms with Gasteiger partial charge in [-0.3, -0.25) is 4.79 Å². The van der Waals surface area contributed by atoms with Crippen LogP contribution in [0.4, 0.5) is 0 Å². The molecule has 0 aromatic carbocycles. The van der Waals surface area contributed by atoms with E-state index in [0.29, 0.717) is 6.54 Å². The second-order valence-electron chi connectivity index (χ2n) is 6.65. The Hall–Kier alpha value is -1.36. The van der Waals surface area contributed by atoms with Gasteiger partial charge in [0.25, 0.3) is 0 Å². The zero-order chi connectivity index (χ0) is 15.9. The molecule has 1 aromatic heterocycles. The highest BCUT2D eigenvalue weighted by Crippen LogP contribution is 2.10. The van der Waals surface area contributed by atoms with Crippen molar-refractivity contribution < 1.29 is 4.79 Å². The minimum atomic E-state index is -0.0421. The highest BCUT2D eigenvalue weighted by atomic mass is 16.1. The van der Waals surface area contributed by atoms with E-state index < -0.39 is 0 Å². The van der Waals surface area contributed by atoms with Crippen molar-refractivity contribution in [2.75, 3.05) is 19.6 Å². The van der Waals surface area contributed by atoms with Crippen LogP contribution in [0.3, 0.4) is 0 Å². The molecule has 0 spiro atoms. The summed E-state index contributed by atoms with van der Waals surface area (Å²) >= 11 is 0. The van der Waals surface area contributed by atoms with Crippen LogP contribution in [-0.4, -0.2) is 46.0 Å². The molecule has 2 heterocycles. The average molecular weight is 306 g/mol. The van der Waals surface area contributed by atoms with Gasteiger partial charge in [-0.05, 0) is 39.8 Å². The molecule has 1 fully saturated rings. The number of amides is 1. The van der Waals surface area contributed by atoms with Crippen LogP contribution in [0.1, 0.15) is 45.4 Å². The maximum Gasteiger partial charge on any atom is 0.224 e. The second kappa shape index (κ2) is 8.32. The Morgan fingerprint density at radius 2 is 1.91 bits per heavy atom. The van der Waals surface area contributed by atoms with Crippen molar-refractivity contribution in [1.29, 1.82) is 0 Å². The van der Waals surface area contributed by atoms with Crippen molar-refractivity contribution in [2.45, 2.75) is 59.0 Å². The van der Waals surface area contributed by atoms with E-state index in [4.69, 9.17) is 0 Å². The Balaban J connectivity index is 1.76. The highest BCUT2D eigenvalue weighted by molar-refractivity contribution is 5.78. The van der Waals surface area contributed by atoms with E-state index in [9.17, 15) is 4.79 Å². The lowest BCUT2D eigenvalue weighted by atomic mass is 10.1. The van der Waals surface area contributed by atoms with Crippen molar-refractivity contribution in [3.05, 3.63) is 18.2 Å². The van der Waals surface area contributed by atoms with E-state index in [1.165, 1.54) is 38.8 Å². The van der Waals surface area contributed by atoms with Gasteiger partial charge in [-0.25, -0.2) is 4.98 Å². The standard InChI is InChI=1S/C17H30N4O/c1-14(12-21-11-8-18-16(21)3)17(22)19-15(2)13-20-9-6-4-5-7-10-20/h8,11,14-15H,4-7,9-10,12-13H2,1-3H3,(H,19,22)/t14-,15-/m1/s1. The highest BCUT2D eigenvalue weighted by Gasteiger charge is 2.18. The number of hydrogen-bond acceptors (Lipinski definition) is 3. The molecule has 2 atom stereocenters. The Kier molecular flexibility index (Phi) is 6.43. The lowest BCUT2D eigenvalue weighted by Gasteiger charge is -2.25. The molecule has 1 aliphatic heterocycles. The largest absolute Gasteiger partial charge is 0.352 e. The molecule has 2 rings (SSSR count). The quantitative estimate of drug-likeness (QED) is 0.876. The third kappa shape index (κ3) is 5.13. The van der Waals surface area contributed by atoms with Gasteiger partial charge in [0.05, 0.1) is 5.92 Å². The van der Waals surface area contributed by atoms with E-state index in [0.717, 1.165) is 12.4 Å². The monoisotopic (exact) mass is 306 g/mol. The molecule has 0 radical (unpaired) electrons. The molecule has 1 saturated heterocycles. The van der Waals surface area contributed by atoms with Crippen LogP contribution < -0.4 is 5.32 Å². The maximum absolute atomic E-state index is 12.3. The summed E-state index contributed by atoms with van der Waals surface area (Å²) in [5.74, 6) is 1.05. The van der Waals surface area contributed by atoms with Gasteiger partial charge in [0.1, 0.15) is 5.82 Å². The topological polar surface area (TPSA) is 50.2 Å². The van der Waals surface area contributed by atoms with Gasteiger partial charge < -0.3 is 14.8 Å². The predicted octanol–water partition coefficient (Wildman–Crippen LogP) is 2.21. The SMILES string of the molecule is Cc1nccn1C[C@@H](C)C(=O)N[C@H](C)CN1CCCCCC1. The summed E-state index contributed by atoms with van der Waals surface area (Å²) in [6.07, 6.45) is 8.98. The third-order valence-corrected chi connectivity index (χ3v) is 4.46. The number of rotatable bonds is 6. The summed E-state index contributed by atoms with van der Waals surface area (Å²) < 4.78 is 2.03. The van der Waals surface area contributed by atoms with Gasteiger partial charge in [-0.2, -0.15) is 0 Å². The van der Waals surface area contributed by atoms with E-state index in [1.54, 1.807) is 6.20 Å². The van der Waals surface area contributed by atoms with Crippen molar-refractivity contribution >= 4 is 5.91 Å². The first kappa shape index (κ1) is 17.0. The lowest BCUT2D eigenvalue weighted by Crippen LogP contribution is -2.44. The average Bonchev–Trinajstić information content (AvgIpc) is 2.73. The molecule has 5 nitrogen and oxygen atoms in total. The summed E-state index contributed by atoms with van der Waals surface area (Å²) in [4.78, 5) is 19.0. The molecule has 22 heavy (non-hydrogen) atoms. The van der Waals surface area contributed by atoms with Crippen LogP contribution in [0.15, 0.2) is 12.4 Å². The molecule has 0 bridgehead atoms. The lowest BCUT2D eigenvalue weighted by molar-refractivity contribution is -0.125. The molecule has 1 N–H and O–H groups in total. The minimum absolute atomic E-state index is 0.0421. The van der Waals surface area contributed by atoms with E-state index >= 15 is 0 Å². The number of imidazole rings is 1. The van der Waals surface area contributed by atoms with Crippen LogP contribution in [0.25, 0.3) is 0 Å². The number of nitrogens with one attached hydrogen (secondary N) is 1. The Morgan fingerprint density at radius 1 is 1.23 bits per heavy atom. The van der Waals surface area contributed by atoms with Crippen molar-refractivity contribution in [2.24, 2.45) is 5.92 Å². The van der Waals surface area contributed by atoms with Crippen LogP contribution in [0.2, 0.25) is 0 Å². The van der Waals surface area contributed by atoms with Crippen LogP contribution in [0.5, 0.6) is 0 Å². The van der Waals surface area contributed by atoms with Crippen LogP contribution in [-0.2, 0) is 11.3 Å². The first-order valence-electron chi connectivity index (χ1n) is 8.56. The third-order valence-electron chi connectivity index (χ3n) is 4.46. The second-order valence-corrected chi connectivity index (χ2v) is 6.65. The van der Waals surface area contributed by atoms with Gasteiger partial charge >= 0.3 is 0 Å². The number of aromatic nitrogens is 2. The molecule has 1 aliphatic rings. The van der Waals surface area contributed by atoms with Gasteiger partial charge in [0.15, 0.2) is 0 Å². The number of nitrogens with zero attached hydrogens (tertiary/aromatic N) is 3. The smallest absolute Gasteiger partial charge is 0.224 e. The number of hydrogen-bond donors (Lipinski definition) is 1. The molecule has 1 amide bonds. The molecular formula is C17H30N4O. The van der Waals surface area contributed by atoms with E-state index in [-0.39, 0.29) is 17.9 Å². The van der Waals surface area contributed by atoms with E-state index in [1.807, 2.05) is 24.6 Å². The van der Waals surface area contributed by atoms with Gasteiger partial charge in [0.2, 0.25) is 5.91 Å². The summed E-state index contributed by atoms with van der Waals surface area (Å²) in [6, 6.07) is 0.205. The van der Waals surface area contributed by atoms with Crippen LogP contribution >= 0.6 is 0 Å². The van der Waals surface area contributed by atoms with Gasteiger partial charge in [-0.15, -0.1) is 0 Å². The van der Waals surface area contributed by atoms with Gasteiger partial charge in [0, 0.05) is 31.5 Å². The summed E-state index contributed by atoms with van der Waals surface area (Å²) in [5.41, 5.74) is 0. The zero-order valence-corrected chi connectivity index (χ0v) is 14.2. The maximum atomic E-state index is 12.3. The van der Waals surface area contributed by atoms with Crippen LogP contribution in [0, 0.1) is 12.8 Å². The number of carbonyl (C=O) groups excluding carboxylic acids is 1. The first-order chi connectivity index (χ1) is 10.6. The Labute approximate surface area is 134 Å².